The van der Waals surface area contributed by atoms with E-state index in [-0.39, 0.29) is 17.7 Å². The Bertz CT molecular complexity index is 368. The van der Waals surface area contributed by atoms with E-state index in [2.05, 4.69) is 0 Å². The summed E-state index contributed by atoms with van der Waals surface area (Å²) in [4.78, 5) is 25.5. The molecular formula is C15H28N2O3. The smallest absolute Gasteiger partial charge is 0.309 e. The predicted octanol–water partition coefficient (Wildman–Crippen LogP) is 1.71. The van der Waals surface area contributed by atoms with Crippen LogP contribution in [-0.2, 0) is 9.59 Å². The first kappa shape index (κ1) is 17.0. The van der Waals surface area contributed by atoms with Gasteiger partial charge in [0.05, 0.1) is 11.5 Å². The molecular weight excluding hydrogens is 256 g/mol. The van der Waals surface area contributed by atoms with E-state index < -0.39 is 17.4 Å². The Hall–Kier alpha value is -1.10. The van der Waals surface area contributed by atoms with Gasteiger partial charge in [0.1, 0.15) is 0 Å². The molecule has 5 heteroatoms. The van der Waals surface area contributed by atoms with Gasteiger partial charge in [-0.15, -0.1) is 0 Å². The number of carbonyl (C=O) groups excluding carboxylic acids is 1. The molecule has 0 saturated carbocycles. The van der Waals surface area contributed by atoms with E-state index in [0.717, 1.165) is 19.3 Å². The molecule has 3 atom stereocenters. The Morgan fingerprint density at radius 2 is 2.05 bits per heavy atom. The third-order valence-corrected chi connectivity index (χ3v) is 4.85. The van der Waals surface area contributed by atoms with Gasteiger partial charge in [0, 0.05) is 13.1 Å². The molecule has 0 bridgehead atoms. The molecule has 0 aliphatic carbocycles. The molecule has 0 radical (unpaired) electrons. The van der Waals surface area contributed by atoms with Crippen LogP contribution < -0.4 is 5.73 Å². The summed E-state index contributed by atoms with van der Waals surface area (Å²) < 4.78 is 0. The summed E-state index contributed by atoms with van der Waals surface area (Å²) in [6, 6.07) is -0.480. The van der Waals surface area contributed by atoms with Crippen molar-refractivity contribution in [1.29, 1.82) is 0 Å². The summed E-state index contributed by atoms with van der Waals surface area (Å²) in [5.74, 6) is -0.703. The minimum atomic E-state index is -0.806. The first-order valence-corrected chi connectivity index (χ1v) is 7.49. The van der Waals surface area contributed by atoms with E-state index >= 15 is 0 Å². The molecule has 0 aromatic rings. The molecule has 20 heavy (non-hydrogen) atoms. The Morgan fingerprint density at radius 3 is 2.55 bits per heavy atom. The van der Waals surface area contributed by atoms with Gasteiger partial charge in [0.15, 0.2) is 0 Å². The van der Waals surface area contributed by atoms with Crippen molar-refractivity contribution in [2.24, 2.45) is 23.0 Å². The maximum atomic E-state index is 12.4. The Labute approximate surface area is 121 Å². The number of rotatable bonds is 5. The van der Waals surface area contributed by atoms with E-state index in [1.165, 1.54) is 0 Å². The van der Waals surface area contributed by atoms with Gasteiger partial charge in [0.2, 0.25) is 5.91 Å². The van der Waals surface area contributed by atoms with Crippen molar-refractivity contribution in [2.45, 2.75) is 53.0 Å². The normalized spacial score (nSPS) is 23.2. The highest BCUT2D eigenvalue weighted by Gasteiger charge is 2.40. The lowest BCUT2D eigenvalue weighted by Gasteiger charge is -2.40. The van der Waals surface area contributed by atoms with Crippen LogP contribution in [0.4, 0.5) is 0 Å². The van der Waals surface area contributed by atoms with Crippen molar-refractivity contribution in [1.82, 2.24) is 4.90 Å². The molecule has 0 aromatic carbocycles. The molecule has 1 aliphatic heterocycles. The fraction of sp³-hybridized carbons (Fsp3) is 0.867. The number of carboxylic acids is 1. The lowest BCUT2D eigenvalue weighted by molar-refractivity contribution is -0.153. The van der Waals surface area contributed by atoms with Crippen molar-refractivity contribution in [3.63, 3.8) is 0 Å². The Morgan fingerprint density at radius 1 is 1.45 bits per heavy atom. The molecule has 0 spiro atoms. The highest BCUT2D eigenvalue weighted by atomic mass is 16.4. The minimum absolute atomic E-state index is 0.0122. The number of aliphatic carboxylic acids is 1. The van der Waals surface area contributed by atoms with Crippen LogP contribution in [0.3, 0.4) is 0 Å². The van der Waals surface area contributed by atoms with Crippen LogP contribution in [-0.4, -0.2) is 41.0 Å². The number of carbonyl (C=O) groups is 2. The largest absolute Gasteiger partial charge is 0.481 e. The zero-order chi connectivity index (χ0) is 15.5. The third-order valence-electron chi connectivity index (χ3n) is 4.85. The topological polar surface area (TPSA) is 83.6 Å². The number of amides is 1. The van der Waals surface area contributed by atoms with E-state index in [1.807, 2.05) is 13.8 Å². The standard InChI is InChI=1S/C15H28N2O3/c1-5-10(2)12(16)13(18)17-8-6-7-11(9-17)15(3,4)14(19)20/h10-12H,5-9,16H2,1-4H3,(H,19,20)/t10-,11?,12-/m0/s1. The van der Waals surface area contributed by atoms with Gasteiger partial charge >= 0.3 is 5.97 Å². The molecule has 1 amide bonds. The number of nitrogens with two attached hydrogens (primary N) is 1. The number of nitrogens with zero attached hydrogens (tertiary/aromatic N) is 1. The van der Waals surface area contributed by atoms with Gasteiger partial charge in [0.25, 0.3) is 0 Å². The van der Waals surface area contributed by atoms with E-state index in [4.69, 9.17) is 5.73 Å². The van der Waals surface area contributed by atoms with Crippen LogP contribution in [0.2, 0.25) is 0 Å². The quantitative estimate of drug-likeness (QED) is 0.805. The maximum Gasteiger partial charge on any atom is 0.309 e. The first-order valence-electron chi connectivity index (χ1n) is 7.49. The van der Waals surface area contributed by atoms with Crippen LogP contribution in [0.25, 0.3) is 0 Å². The molecule has 1 aliphatic rings. The molecule has 1 rings (SSSR count). The molecule has 5 nitrogen and oxygen atoms in total. The minimum Gasteiger partial charge on any atom is -0.481 e. The zero-order valence-electron chi connectivity index (χ0n) is 13.1. The van der Waals surface area contributed by atoms with Crippen LogP contribution in [0, 0.1) is 17.3 Å². The fourth-order valence-electron chi connectivity index (χ4n) is 2.65. The number of hydrogen-bond acceptors (Lipinski definition) is 3. The van der Waals surface area contributed by atoms with E-state index in [9.17, 15) is 14.7 Å². The molecule has 1 saturated heterocycles. The molecule has 1 unspecified atom stereocenters. The number of likely N-dealkylation sites (tertiary alicyclic amines) is 1. The monoisotopic (exact) mass is 284 g/mol. The highest BCUT2D eigenvalue weighted by molar-refractivity contribution is 5.82. The average molecular weight is 284 g/mol. The van der Waals surface area contributed by atoms with Gasteiger partial charge in [-0.05, 0) is 38.5 Å². The SMILES string of the molecule is CC[C@H](C)[C@H](N)C(=O)N1CCCC(C(C)(C)C(=O)O)C1. The molecule has 0 aromatic heterocycles. The summed E-state index contributed by atoms with van der Waals surface area (Å²) in [7, 11) is 0. The second-order valence-corrected chi connectivity index (χ2v) is 6.56. The lowest BCUT2D eigenvalue weighted by Crippen LogP contribution is -2.53. The Balaban J connectivity index is 2.75. The van der Waals surface area contributed by atoms with E-state index in [0.29, 0.717) is 13.1 Å². The fourth-order valence-corrected chi connectivity index (χ4v) is 2.65. The number of carboxylic acid groups (broad SMARTS) is 1. The van der Waals surface area contributed by atoms with Gasteiger partial charge in [-0.1, -0.05) is 20.3 Å². The van der Waals surface area contributed by atoms with Crippen molar-refractivity contribution < 1.29 is 14.7 Å². The van der Waals surface area contributed by atoms with Gasteiger partial charge in [-0.2, -0.15) is 0 Å². The van der Waals surface area contributed by atoms with Crippen molar-refractivity contribution in [2.75, 3.05) is 13.1 Å². The van der Waals surface area contributed by atoms with Crippen LogP contribution in [0.15, 0.2) is 0 Å². The van der Waals surface area contributed by atoms with Gasteiger partial charge in [-0.3, -0.25) is 9.59 Å². The summed E-state index contributed by atoms with van der Waals surface area (Å²) in [6.07, 6.45) is 2.56. The Kier molecular flexibility index (Phi) is 5.57. The number of piperidine rings is 1. The molecule has 116 valence electrons. The zero-order valence-corrected chi connectivity index (χ0v) is 13.1. The summed E-state index contributed by atoms with van der Waals surface area (Å²) in [5, 5.41) is 9.33. The lowest BCUT2D eigenvalue weighted by atomic mass is 9.74. The first-order chi connectivity index (χ1) is 9.21. The van der Waals surface area contributed by atoms with Crippen molar-refractivity contribution >= 4 is 11.9 Å². The van der Waals surface area contributed by atoms with Gasteiger partial charge < -0.3 is 15.7 Å². The van der Waals surface area contributed by atoms with Gasteiger partial charge in [-0.25, -0.2) is 0 Å². The van der Waals surface area contributed by atoms with Crippen LogP contribution in [0.5, 0.6) is 0 Å². The second-order valence-electron chi connectivity index (χ2n) is 6.56. The van der Waals surface area contributed by atoms with E-state index in [1.54, 1.807) is 18.7 Å². The van der Waals surface area contributed by atoms with Crippen molar-refractivity contribution in [3.8, 4) is 0 Å². The van der Waals surface area contributed by atoms with Crippen LogP contribution in [0.1, 0.15) is 47.0 Å². The summed E-state index contributed by atoms with van der Waals surface area (Å²) in [6.45, 7) is 8.66. The maximum absolute atomic E-state index is 12.4. The molecule has 1 heterocycles. The summed E-state index contributed by atoms with van der Waals surface area (Å²) in [5.41, 5.74) is 5.20. The average Bonchev–Trinajstić information content (AvgIpc) is 2.44. The van der Waals surface area contributed by atoms with Crippen molar-refractivity contribution in [3.05, 3.63) is 0 Å². The third kappa shape index (κ3) is 3.51. The molecule has 1 fully saturated rings. The molecule has 3 N–H and O–H groups in total. The summed E-state index contributed by atoms with van der Waals surface area (Å²) >= 11 is 0. The predicted molar refractivity (Wildman–Crippen MR) is 78.2 cm³/mol. The van der Waals surface area contributed by atoms with Crippen LogP contribution >= 0.6 is 0 Å². The number of hydrogen-bond donors (Lipinski definition) is 2. The second kappa shape index (κ2) is 6.57. The highest BCUT2D eigenvalue weighted by Crippen LogP contribution is 2.34.